The molecule has 0 spiro atoms. The number of likely N-dealkylation sites (tertiary alicyclic amines) is 1. The molecule has 0 saturated carbocycles. The lowest BCUT2D eigenvalue weighted by molar-refractivity contribution is 0.160. The van der Waals surface area contributed by atoms with Gasteiger partial charge in [-0.25, -0.2) is 0 Å². The number of aliphatic hydroxyl groups excluding tert-OH is 1. The average molecular weight is 185 g/mol. The summed E-state index contributed by atoms with van der Waals surface area (Å²) in [5.74, 6) is 1.00. The predicted molar refractivity (Wildman–Crippen MR) is 53.5 cm³/mol. The second-order valence-electron chi connectivity index (χ2n) is 3.47. The first-order valence-electron chi connectivity index (χ1n) is 4.93. The van der Waals surface area contributed by atoms with Crippen molar-refractivity contribution in [2.75, 3.05) is 26.2 Å². The summed E-state index contributed by atoms with van der Waals surface area (Å²) < 4.78 is 0. The molecule has 1 unspecified atom stereocenters. The molecule has 3 N–H and O–H groups in total. The predicted octanol–water partition coefficient (Wildman–Crippen LogP) is 0.0253. The third-order valence-electron chi connectivity index (χ3n) is 2.42. The van der Waals surface area contributed by atoms with Gasteiger partial charge in [0.25, 0.3) is 0 Å². The van der Waals surface area contributed by atoms with E-state index >= 15 is 0 Å². The highest BCUT2D eigenvalue weighted by Crippen LogP contribution is 2.15. The molecule has 1 saturated heterocycles. The summed E-state index contributed by atoms with van der Waals surface area (Å²) >= 11 is 0. The summed E-state index contributed by atoms with van der Waals surface area (Å²) in [4.78, 5) is 6.22. The molecule has 13 heavy (non-hydrogen) atoms. The number of guanidine groups is 1. The average Bonchev–Trinajstić information content (AvgIpc) is 2.18. The van der Waals surface area contributed by atoms with E-state index in [4.69, 9.17) is 10.8 Å². The van der Waals surface area contributed by atoms with Crippen LogP contribution in [0.5, 0.6) is 0 Å². The highest BCUT2D eigenvalue weighted by Gasteiger charge is 2.19. The summed E-state index contributed by atoms with van der Waals surface area (Å²) in [6, 6.07) is 0. The first-order valence-corrected chi connectivity index (χ1v) is 4.93. The Hall–Kier alpha value is -0.770. The van der Waals surface area contributed by atoms with Crippen molar-refractivity contribution < 1.29 is 5.11 Å². The second-order valence-corrected chi connectivity index (χ2v) is 3.47. The minimum Gasteiger partial charge on any atom is -0.396 e. The lowest BCUT2D eigenvalue weighted by Gasteiger charge is -2.32. The number of hydrogen-bond donors (Lipinski definition) is 2. The van der Waals surface area contributed by atoms with Crippen molar-refractivity contribution >= 4 is 5.96 Å². The largest absolute Gasteiger partial charge is 0.396 e. The van der Waals surface area contributed by atoms with Crippen LogP contribution in [0.25, 0.3) is 0 Å². The number of piperidine rings is 1. The molecular formula is C9H19N3O. The Morgan fingerprint density at radius 1 is 1.69 bits per heavy atom. The maximum absolute atomic E-state index is 9.01. The Balaban J connectivity index is 2.46. The molecule has 4 heteroatoms. The smallest absolute Gasteiger partial charge is 0.191 e. The minimum atomic E-state index is 0.260. The lowest BCUT2D eigenvalue weighted by atomic mass is 9.99. The van der Waals surface area contributed by atoms with Crippen molar-refractivity contribution in [3.63, 3.8) is 0 Å². The Bertz CT molecular complexity index is 182. The molecule has 0 radical (unpaired) electrons. The summed E-state index contributed by atoms with van der Waals surface area (Å²) in [6.07, 6.45) is 2.21. The third-order valence-corrected chi connectivity index (χ3v) is 2.42. The van der Waals surface area contributed by atoms with E-state index < -0.39 is 0 Å². The van der Waals surface area contributed by atoms with Crippen molar-refractivity contribution in [3.05, 3.63) is 0 Å². The fourth-order valence-electron chi connectivity index (χ4n) is 1.68. The van der Waals surface area contributed by atoms with Gasteiger partial charge in [-0.2, -0.15) is 0 Å². The van der Waals surface area contributed by atoms with Gasteiger partial charge in [0, 0.05) is 26.2 Å². The number of nitrogens with zero attached hydrogens (tertiary/aromatic N) is 2. The molecule has 0 amide bonds. The number of aliphatic hydroxyl groups is 1. The fraction of sp³-hybridized carbons (Fsp3) is 0.889. The molecule has 1 fully saturated rings. The van der Waals surface area contributed by atoms with Gasteiger partial charge in [0.05, 0.1) is 0 Å². The summed E-state index contributed by atoms with van der Waals surface area (Å²) in [5, 5.41) is 9.01. The zero-order valence-corrected chi connectivity index (χ0v) is 8.24. The van der Waals surface area contributed by atoms with E-state index in [1.54, 1.807) is 0 Å². The van der Waals surface area contributed by atoms with Gasteiger partial charge >= 0.3 is 0 Å². The topological polar surface area (TPSA) is 61.8 Å². The van der Waals surface area contributed by atoms with E-state index in [0.29, 0.717) is 11.9 Å². The van der Waals surface area contributed by atoms with Gasteiger partial charge in [-0.15, -0.1) is 0 Å². The molecule has 0 bridgehead atoms. The van der Waals surface area contributed by atoms with Gasteiger partial charge in [0.15, 0.2) is 5.96 Å². The van der Waals surface area contributed by atoms with E-state index in [2.05, 4.69) is 9.89 Å². The highest BCUT2D eigenvalue weighted by molar-refractivity contribution is 5.78. The van der Waals surface area contributed by atoms with E-state index in [1.807, 2.05) is 6.92 Å². The van der Waals surface area contributed by atoms with Crippen molar-refractivity contribution in [3.8, 4) is 0 Å². The van der Waals surface area contributed by atoms with Crippen LogP contribution in [0.1, 0.15) is 19.8 Å². The molecule has 0 aliphatic carbocycles. The Kier molecular flexibility index (Phi) is 4.02. The Morgan fingerprint density at radius 2 is 2.46 bits per heavy atom. The van der Waals surface area contributed by atoms with E-state index in [-0.39, 0.29) is 6.61 Å². The van der Waals surface area contributed by atoms with Crippen molar-refractivity contribution in [1.29, 1.82) is 0 Å². The first-order chi connectivity index (χ1) is 6.27. The van der Waals surface area contributed by atoms with Gasteiger partial charge in [0.2, 0.25) is 0 Å². The molecular weight excluding hydrogens is 166 g/mol. The van der Waals surface area contributed by atoms with Crippen molar-refractivity contribution in [1.82, 2.24) is 4.90 Å². The molecule has 1 atom stereocenters. The third kappa shape index (κ3) is 2.88. The van der Waals surface area contributed by atoms with Crippen LogP contribution in [-0.4, -0.2) is 42.2 Å². The highest BCUT2D eigenvalue weighted by atomic mass is 16.3. The van der Waals surface area contributed by atoms with Crippen LogP contribution in [0.3, 0.4) is 0 Å². The van der Waals surface area contributed by atoms with Gasteiger partial charge in [0.1, 0.15) is 0 Å². The standard InChI is InChI=1S/C9H19N3O/c1-2-11-9(10)12-5-3-4-8(6-12)7-13/h8,13H,2-7H2,1H3,(H2,10,11). The number of hydrogen-bond acceptors (Lipinski definition) is 2. The Morgan fingerprint density at radius 3 is 3.08 bits per heavy atom. The van der Waals surface area contributed by atoms with Gasteiger partial charge in [-0.3, -0.25) is 4.99 Å². The van der Waals surface area contributed by atoms with E-state index in [9.17, 15) is 0 Å². The maximum Gasteiger partial charge on any atom is 0.191 e. The number of rotatable bonds is 2. The molecule has 0 aromatic rings. The molecule has 0 aromatic carbocycles. The molecule has 1 aliphatic rings. The van der Waals surface area contributed by atoms with Gasteiger partial charge in [-0.05, 0) is 25.7 Å². The van der Waals surface area contributed by atoms with Crippen LogP contribution in [0.4, 0.5) is 0 Å². The molecule has 4 nitrogen and oxygen atoms in total. The molecule has 0 aromatic heterocycles. The van der Waals surface area contributed by atoms with Crippen LogP contribution in [0, 0.1) is 5.92 Å². The second kappa shape index (κ2) is 5.07. The quantitative estimate of drug-likeness (QED) is 0.471. The molecule has 1 heterocycles. The summed E-state index contributed by atoms with van der Waals surface area (Å²) in [5.41, 5.74) is 5.77. The monoisotopic (exact) mass is 185 g/mol. The van der Waals surface area contributed by atoms with Crippen LogP contribution < -0.4 is 5.73 Å². The Labute approximate surface area is 79.4 Å². The van der Waals surface area contributed by atoms with Crippen LogP contribution >= 0.6 is 0 Å². The van der Waals surface area contributed by atoms with Crippen LogP contribution in [-0.2, 0) is 0 Å². The maximum atomic E-state index is 9.01. The normalized spacial score (nSPS) is 24.9. The summed E-state index contributed by atoms with van der Waals surface area (Å²) in [6.45, 7) is 4.79. The zero-order chi connectivity index (χ0) is 9.68. The van der Waals surface area contributed by atoms with Crippen LogP contribution in [0.15, 0.2) is 4.99 Å². The van der Waals surface area contributed by atoms with Gasteiger partial charge in [-0.1, -0.05) is 0 Å². The lowest BCUT2D eigenvalue weighted by Crippen LogP contribution is -2.44. The van der Waals surface area contributed by atoms with E-state index in [0.717, 1.165) is 32.5 Å². The fourth-order valence-corrected chi connectivity index (χ4v) is 1.68. The molecule has 76 valence electrons. The number of aliphatic imine (C=N–C) groups is 1. The van der Waals surface area contributed by atoms with Crippen molar-refractivity contribution in [2.24, 2.45) is 16.6 Å². The first kappa shape index (κ1) is 10.3. The van der Waals surface area contributed by atoms with Gasteiger partial charge < -0.3 is 15.7 Å². The number of nitrogens with two attached hydrogens (primary N) is 1. The van der Waals surface area contributed by atoms with Crippen molar-refractivity contribution in [2.45, 2.75) is 19.8 Å². The van der Waals surface area contributed by atoms with Crippen LogP contribution in [0.2, 0.25) is 0 Å². The molecule has 1 rings (SSSR count). The zero-order valence-electron chi connectivity index (χ0n) is 8.24. The van der Waals surface area contributed by atoms with E-state index in [1.165, 1.54) is 0 Å². The summed E-state index contributed by atoms with van der Waals surface area (Å²) in [7, 11) is 0. The SMILES string of the molecule is CCN=C(N)N1CCCC(CO)C1. The minimum absolute atomic E-state index is 0.260. The molecule has 1 aliphatic heterocycles.